The Kier molecular flexibility index (Phi) is 2.79. The summed E-state index contributed by atoms with van der Waals surface area (Å²) in [6, 6.07) is 0. The van der Waals surface area contributed by atoms with Gasteiger partial charge in [0.05, 0.1) is 5.60 Å². The van der Waals surface area contributed by atoms with Gasteiger partial charge in [-0.05, 0) is 11.8 Å². The Morgan fingerprint density at radius 2 is 1.75 bits per heavy atom. The summed E-state index contributed by atoms with van der Waals surface area (Å²) in [4.78, 5) is 2.32. The predicted molar refractivity (Wildman–Crippen MR) is 51.1 cm³/mol. The molecule has 1 heterocycles. The first kappa shape index (κ1) is 10.0. The van der Waals surface area contributed by atoms with Gasteiger partial charge in [-0.3, -0.25) is 4.90 Å². The van der Waals surface area contributed by atoms with Crippen LogP contribution in [0.25, 0.3) is 0 Å². The maximum absolute atomic E-state index is 9.93. The Balaban J connectivity index is 2.27. The average Bonchev–Trinajstić information content (AvgIpc) is 1.82. The van der Waals surface area contributed by atoms with Crippen LogP contribution in [-0.2, 0) is 0 Å². The summed E-state index contributed by atoms with van der Waals surface area (Å²) in [5, 5.41) is 9.93. The fourth-order valence-corrected chi connectivity index (χ4v) is 1.74. The van der Waals surface area contributed by atoms with E-state index in [0.29, 0.717) is 11.8 Å². The first-order valence-electron chi connectivity index (χ1n) is 4.89. The molecule has 0 radical (unpaired) electrons. The van der Waals surface area contributed by atoms with Crippen molar-refractivity contribution in [1.82, 2.24) is 4.90 Å². The third kappa shape index (κ3) is 1.99. The van der Waals surface area contributed by atoms with Gasteiger partial charge in [-0.2, -0.15) is 0 Å². The van der Waals surface area contributed by atoms with Crippen LogP contribution in [0, 0.1) is 11.8 Å². The highest BCUT2D eigenvalue weighted by molar-refractivity contribution is 4.97. The van der Waals surface area contributed by atoms with Crippen LogP contribution in [0.3, 0.4) is 0 Å². The molecule has 0 unspecified atom stereocenters. The van der Waals surface area contributed by atoms with E-state index in [1.165, 1.54) is 0 Å². The molecule has 0 aromatic rings. The second-order valence-corrected chi connectivity index (χ2v) is 4.82. The summed E-state index contributed by atoms with van der Waals surface area (Å²) in [5.74, 6) is 1.10. The van der Waals surface area contributed by atoms with Gasteiger partial charge < -0.3 is 5.11 Å². The molecule has 1 aliphatic rings. The minimum atomic E-state index is -0.394. The fraction of sp³-hybridized carbons (Fsp3) is 1.00. The zero-order chi connectivity index (χ0) is 9.35. The van der Waals surface area contributed by atoms with E-state index >= 15 is 0 Å². The van der Waals surface area contributed by atoms with Crippen molar-refractivity contribution in [2.45, 2.75) is 33.3 Å². The summed E-state index contributed by atoms with van der Waals surface area (Å²) < 4.78 is 0. The maximum Gasteiger partial charge on any atom is 0.0922 e. The molecule has 0 aliphatic carbocycles. The van der Waals surface area contributed by atoms with Crippen LogP contribution in [0.15, 0.2) is 0 Å². The minimum Gasteiger partial charge on any atom is -0.387 e. The highest BCUT2D eigenvalue weighted by Gasteiger charge is 2.43. The Morgan fingerprint density at radius 3 is 2.08 bits per heavy atom. The van der Waals surface area contributed by atoms with Crippen molar-refractivity contribution in [3.05, 3.63) is 0 Å². The molecule has 1 saturated heterocycles. The molecule has 0 saturated carbocycles. The monoisotopic (exact) mass is 171 g/mol. The third-order valence-electron chi connectivity index (χ3n) is 2.69. The number of aliphatic hydroxyl groups is 1. The van der Waals surface area contributed by atoms with E-state index in [1.807, 2.05) is 0 Å². The lowest BCUT2D eigenvalue weighted by Crippen LogP contribution is -2.64. The van der Waals surface area contributed by atoms with Gasteiger partial charge in [0.25, 0.3) is 0 Å². The molecule has 72 valence electrons. The van der Waals surface area contributed by atoms with E-state index in [-0.39, 0.29) is 0 Å². The Hall–Kier alpha value is -0.0800. The van der Waals surface area contributed by atoms with Gasteiger partial charge in [-0.25, -0.2) is 0 Å². The summed E-state index contributed by atoms with van der Waals surface area (Å²) in [5.41, 5.74) is -0.394. The lowest BCUT2D eigenvalue weighted by molar-refractivity contribution is -0.130. The molecule has 1 rings (SSSR count). The number of hydrogen-bond acceptors (Lipinski definition) is 2. The summed E-state index contributed by atoms with van der Waals surface area (Å²) in [6.45, 7) is 11.5. The first-order valence-corrected chi connectivity index (χ1v) is 4.89. The highest BCUT2D eigenvalue weighted by atomic mass is 16.3. The van der Waals surface area contributed by atoms with E-state index in [4.69, 9.17) is 0 Å². The van der Waals surface area contributed by atoms with Gasteiger partial charge in [0, 0.05) is 19.6 Å². The van der Waals surface area contributed by atoms with Crippen molar-refractivity contribution in [2.75, 3.05) is 19.6 Å². The van der Waals surface area contributed by atoms with Gasteiger partial charge in [0.15, 0.2) is 0 Å². The van der Waals surface area contributed by atoms with E-state index in [1.54, 1.807) is 0 Å². The van der Waals surface area contributed by atoms with E-state index in [9.17, 15) is 5.11 Å². The molecule has 0 aromatic heterocycles. The van der Waals surface area contributed by atoms with Gasteiger partial charge in [-0.15, -0.1) is 0 Å². The molecule has 0 bridgehead atoms. The number of nitrogens with zero attached hydrogens (tertiary/aromatic N) is 1. The number of rotatable bonds is 3. The van der Waals surface area contributed by atoms with Crippen LogP contribution in [0.4, 0.5) is 0 Å². The van der Waals surface area contributed by atoms with Crippen LogP contribution < -0.4 is 0 Å². The van der Waals surface area contributed by atoms with Crippen molar-refractivity contribution in [2.24, 2.45) is 11.8 Å². The van der Waals surface area contributed by atoms with Crippen molar-refractivity contribution in [3.8, 4) is 0 Å². The SMILES string of the molecule is CC(C)CN1CC(O)(C(C)C)C1. The standard InChI is InChI=1S/C10H21NO/c1-8(2)5-11-6-10(12,7-11)9(3)4/h8-9,12H,5-7H2,1-4H3. The summed E-state index contributed by atoms with van der Waals surface area (Å²) >= 11 is 0. The second-order valence-electron chi connectivity index (χ2n) is 4.82. The van der Waals surface area contributed by atoms with Crippen molar-refractivity contribution >= 4 is 0 Å². The number of β-amino-alcohol motifs (C(OH)–C–C–N with tert-alkyl or cyclic N) is 1. The van der Waals surface area contributed by atoms with Gasteiger partial charge >= 0.3 is 0 Å². The lowest BCUT2D eigenvalue weighted by Gasteiger charge is -2.49. The molecular formula is C10H21NO. The third-order valence-corrected chi connectivity index (χ3v) is 2.69. The van der Waals surface area contributed by atoms with Gasteiger partial charge in [-0.1, -0.05) is 27.7 Å². The Bertz CT molecular complexity index is 148. The summed E-state index contributed by atoms with van der Waals surface area (Å²) in [7, 11) is 0. The smallest absolute Gasteiger partial charge is 0.0922 e. The van der Waals surface area contributed by atoms with E-state index in [0.717, 1.165) is 19.6 Å². The lowest BCUT2D eigenvalue weighted by atomic mass is 9.82. The van der Waals surface area contributed by atoms with Crippen LogP contribution in [0.5, 0.6) is 0 Å². The van der Waals surface area contributed by atoms with Crippen molar-refractivity contribution in [1.29, 1.82) is 0 Å². The Labute approximate surface area is 75.6 Å². The van der Waals surface area contributed by atoms with Gasteiger partial charge in [0.1, 0.15) is 0 Å². The highest BCUT2D eigenvalue weighted by Crippen LogP contribution is 2.28. The molecule has 1 N–H and O–H groups in total. The minimum absolute atomic E-state index is 0.390. The fourth-order valence-electron chi connectivity index (χ4n) is 1.74. The molecule has 2 nitrogen and oxygen atoms in total. The molecule has 0 atom stereocenters. The quantitative estimate of drug-likeness (QED) is 0.693. The molecule has 1 fully saturated rings. The van der Waals surface area contributed by atoms with Crippen LogP contribution >= 0.6 is 0 Å². The molecule has 2 heteroatoms. The van der Waals surface area contributed by atoms with Crippen LogP contribution in [-0.4, -0.2) is 35.2 Å². The molecule has 0 spiro atoms. The van der Waals surface area contributed by atoms with Crippen LogP contribution in [0.1, 0.15) is 27.7 Å². The number of likely N-dealkylation sites (tertiary alicyclic amines) is 1. The van der Waals surface area contributed by atoms with Crippen LogP contribution in [0.2, 0.25) is 0 Å². The van der Waals surface area contributed by atoms with Gasteiger partial charge in [0.2, 0.25) is 0 Å². The van der Waals surface area contributed by atoms with E-state index < -0.39 is 5.60 Å². The maximum atomic E-state index is 9.93. The number of hydrogen-bond donors (Lipinski definition) is 1. The first-order chi connectivity index (χ1) is 5.44. The zero-order valence-corrected chi connectivity index (χ0v) is 8.67. The zero-order valence-electron chi connectivity index (χ0n) is 8.67. The van der Waals surface area contributed by atoms with Crippen molar-refractivity contribution < 1.29 is 5.11 Å². The largest absolute Gasteiger partial charge is 0.387 e. The predicted octanol–water partition coefficient (Wildman–Crippen LogP) is 1.35. The molecular weight excluding hydrogens is 150 g/mol. The molecule has 1 aliphatic heterocycles. The normalized spacial score (nSPS) is 23.2. The topological polar surface area (TPSA) is 23.5 Å². The average molecular weight is 171 g/mol. The van der Waals surface area contributed by atoms with Crippen molar-refractivity contribution in [3.63, 3.8) is 0 Å². The second kappa shape index (κ2) is 3.35. The molecule has 12 heavy (non-hydrogen) atoms. The van der Waals surface area contributed by atoms with E-state index in [2.05, 4.69) is 32.6 Å². The molecule has 0 amide bonds. The summed E-state index contributed by atoms with van der Waals surface area (Å²) in [6.07, 6.45) is 0. The molecule has 0 aromatic carbocycles. The Morgan fingerprint density at radius 1 is 1.25 bits per heavy atom.